The first kappa shape index (κ1) is 16.1. The Kier molecular flexibility index (Phi) is 4.77. The summed E-state index contributed by atoms with van der Waals surface area (Å²) >= 11 is 1.57. The topological polar surface area (TPSA) is 67.2 Å². The third-order valence-corrected chi connectivity index (χ3v) is 5.43. The van der Waals surface area contributed by atoms with E-state index in [9.17, 15) is 9.59 Å². The van der Waals surface area contributed by atoms with Crippen molar-refractivity contribution < 1.29 is 4.79 Å². The molecule has 1 aliphatic rings. The summed E-state index contributed by atoms with van der Waals surface area (Å²) in [6, 6.07) is 1.93. The lowest BCUT2D eigenvalue weighted by Gasteiger charge is -2.27. The molecular weight excluding hydrogens is 312 g/mol. The maximum Gasteiger partial charge on any atom is 0.262 e. The van der Waals surface area contributed by atoms with Crippen LogP contribution in [-0.2, 0) is 17.8 Å². The van der Waals surface area contributed by atoms with Crippen LogP contribution in [0.5, 0.6) is 0 Å². The number of rotatable bonds is 4. The van der Waals surface area contributed by atoms with Gasteiger partial charge in [-0.25, -0.2) is 4.98 Å². The Bertz CT molecular complexity index is 774. The highest BCUT2D eigenvalue weighted by molar-refractivity contribution is 7.18. The van der Waals surface area contributed by atoms with Gasteiger partial charge in [0, 0.05) is 44.0 Å². The molecule has 1 aliphatic heterocycles. The van der Waals surface area contributed by atoms with Crippen molar-refractivity contribution in [3.63, 3.8) is 0 Å². The van der Waals surface area contributed by atoms with Gasteiger partial charge in [0.05, 0.1) is 5.39 Å². The molecule has 1 N–H and O–H groups in total. The smallest absolute Gasteiger partial charge is 0.262 e. The van der Waals surface area contributed by atoms with E-state index in [0.29, 0.717) is 24.2 Å². The molecule has 7 heteroatoms. The van der Waals surface area contributed by atoms with Gasteiger partial charge < -0.3 is 10.2 Å². The van der Waals surface area contributed by atoms with Gasteiger partial charge in [-0.05, 0) is 19.4 Å². The third-order valence-electron chi connectivity index (χ3n) is 4.26. The van der Waals surface area contributed by atoms with Crippen LogP contribution in [0.15, 0.2) is 10.9 Å². The lowest BCUT2D eigenvalue weighted by atomic mass is 10.3. The van der Waals surface area contributed by atoms with E-state index < -0.39 is 0 Å². The summed E-state index contributed by atoms with van der Waals surface area (Å²) in [5.74, 6) is 0.789. The minimum Gasteiger partial charge on any atom is -0.340 e. The first-order valence-electron chi connectivity index (χ1n) is 8.08. The summed E-state index contributed by atoms with van der Waals surface area (Å²) < 4.78 is 1.63. The SMILES string of the molecule is CCc1cc2c(=O)n(CCC(=O)N3CCNCC3)c(C)nc2s1. The average Bonchev–Trinajstić information content (AvgIpc) is 2.98. The molecule has 3 heterocycles. The van der Waals surface area contributed by atoms with Crippen molar-refractivity contribution in [1.82, 2.24) is 19.8 Å². The molecule has 0 aromatic carbocycles. The molecule has 23 heavy (non-hydrogen) atoms. The molecule has 6 nitrogen and oxygen atoms in total. The van der Waals surface area contributed by atoms with Crippen LogP contribution in [0.4, 0.5) is 0 Å². The number of fused-ring (bicyclic) bond motifs is 1. The van der Waals surface area contributed by atoms with Gasteiger partial charge in [-0.1, -0.05) is 6.92 Å². The zero-order chi connectivity index (χ0) is 16.4. The molecule has 2 aromatic heterocycles. The number of nitrogens with one attached hydrogen (secondary N) is 1. The second-order valence-corrected chi connectivity index (χ2v) is 6.90. The fraction of sp³-hybridized carbons (Fsp3) is 0.562. The predicted molar refractivity (Wildman–Crippen MR) is 92.1 cm³/mol. The fourth-order valence-corrected chi connectivity index (χ4v) is 3.89. The Morgan fingerprint density at radius 3 is 2.83 bits per heavy atom. The number of nitrogens with zero attached hydrogens (tertiary/aromatic N) is 3. The minimum atomic E-state index is -0.0310. The zero-order valence-electron chi connectivity index (χ0n) is 13.6. The van der Waals surface area contributed by atoms with Crippen molar-refractivity contribution in [2.45, 2.75) is 33.2 Å². The van der Waals surface area contributed by atoms with Crippen LogP contribution < -0.4 is 10.9 Å². The van der Waals surface area contributed by atoms with Crippen LogP contribution in [0.25, 0.3) is 10.2 Å². The van der Waals surface area contributed by atoms with Crippen LogP contribution in [0.3, 0.4) is 0 Å². The molecule has 0 atom stereocenters. The monoisotopic (exact) mass is 334 g/mol. The highest BCUT2D eigenvalue weighted by atomic mass is 32.1. The van der Waals surface area contributed by atoms with Crippen molar-refractivity contribution >= 4 is 27.5 Å². The molecule has 2 aromatic rings. The Morgan fingerprint density at radius 2 is 2.13 bits per heavy atom. The van der Waals surface area contributed by atoms with Crippen LogP contribution >= 0.6 is 11.3 Å². The molecule has 0 unspecified atom stereocenters. The molecule has 1 amide bonds. The normalized spacial score (nSPS) is 15.3. The number of aromatic nitrogens is 2. The van der Waals surface area contributed by atoms with Crippen LogP contribution in [0.2, 0.25) is 0 Å². The molecule has 0 aliphatic carbocycles. The first-order valence-corrected chi connectivity index (χ1v) is 8.90. The minimum absolute atomic E-state index is 0.0310. The van der Waals surface area contributed by atoms with Crippen molar-refractivity contribution in [2.24, 2.45) is 0 Å². The third kappa shape index (κ3) is 3.30. The number of carbonyl (C=O) groups is 1. The summed E-state index contributed by atoms with van der Waals surface area (Å²) in [6.07, 6.45) is 1.25. The zero-order valence-corrected chi connectivity index (χ0v) is 14.4. The first-order chi connectivity index (χ1) is 11.1. The largest absolute Gasteiger partial charge is 0.340 e. The molecule has 3 rings (SSSR count). The van der Waals surface area contributed by atoms with Gasteiger partial charge in [0.15, 0.2) is 0 Å². The number of piperazine rings is 1. The van der Waals surface area contributed by atoms with Crippen LogP contribution in [-0.4, -0.2) is 46.5 Å². The van der Waals surface area contributed by atoms with E-state index >= 15 is 0 Å². The van der Waals surface area contributed by atoms with E-state index in [1.54, 1.807) is 15.9 Å². The lowest BCUT2D eigenvalue weighted by Crippen LogP contribution is -2.46. The van der Waals surface area contributed by atoms with Gasteiger partial charge in [-0.15, -0.1) is 11.3 Å². The Labute approximate surface area is 139 Å². The Hall–Kier alpha value is -1.73. The summed E-state index contributed by atoms with van der Waals surface area (Å²) in [6.45, 7) is 7.47. The van der Waals surface area contributed by atoms with Crippen molar-refractivity contribution in [1.29, 1.82) is 0 Å². The Balaban J connectivity index is 1.79. The predicted octanol–water partition coefficient (Wildman–Crippen LogP) is 1.15. The quantitative estimate of drug-likeness (QED) is 0.911. The average molecular weight is 334 g/mol. The number of hydrogen-bond donors (Lipinski definition) is 1. The van der Waals surface area contributed by atoms with E-state index in [0.717, 1.165) is 37.4 Å². The van der Waals surface area contributed by atoms with Gasteiger partial charge in [0.1, 0.15) is 10.7 Å². The van der Waals surface area contributed by atoms with Crippen LogP contribution in [0, 0.1) is 6.92 Å². The molecule has 0 saturated carbocycles. The number of aryl methyl sites for hydroxylation is 2. The molecular formula is C16H22N4O2S. The molecule has 1 fully saturated rings. The summed E-state index contributed by atoms with van der Waals surface area (Å²) in [7, 11) is 0. The van der Waals surface area contributed by atoms with Crippen molar-refractivity contribution in [2.75, 3.05) is 26.2 Å². The number of amides is 1. The van der Waals surface area contributed by atoms with Gasteiger partial charge in [-0.3, -0.25) is 14.2 Å². The molecule has 0 radical (unpaired) electrons. The van der Waals surface area contributed by atoms with E-state index in [2.05, 4.69) is 17.2 Å². The maximum absolute atomic E-state index is 12.7. The van der Waals surface area contributed by atoms with Gasteiger partial charge in [0.25, 0.3) is 5.56 Å². The lowest BCUT2D eigenvalue weighted by molar-refractivity contribution is -0.132. The summed E-state index contributed by atoms with van der Waals surface area (Å²) in [5.41, 5.74) is -0.0310. The van der Waals surface area contributed by atoms with Gasteiger partial charge in [-0.2, -0.15) is 0 Å². The second kappa shape index (κ2) is 6.80. The maximum atomic E-state index is 12.7. The van der Waals surface area contributed by atoms with Gasteiger partial charge in [0.2, 0.25) is 5.91 Å². The number of thiophene rings is 1. The molecule has 0 bridgehead atoms. The summed E-state index contributed by atoms with van der Waals surface area (Å²) in [5, 5.41) is 3.90. The highest BCUT2D eigenvalue weighted by Gasteiger charge is 2.17. The van der Waals surface area contributed by atoms with E-state index in [-0.39, 0.29) is 11.5 Å². The van der Waals surface area contributed by atoms with E-state index in [4.69, 9.17) is 0 Å². The highest BCUT2D eigenvalue weighted by Crippen LogP contribution is 2.22. The van der Waals surface area contributed by atoms with Crippen molar-refractivity contribution in [3.8, 4) is 0 Å². The van der Waals surface area contributed by atoms with E-state index in [1.807, 2.05) is 17.9 Å². The number of hydrogen-bond acceptors (Lipinski definition) is 5. The number of carbonyl (C=O) groups excluding carboxylic acids is 1. The second-order valence-electron chi connectivity index (χ2n) is 5.78. The van der Waals surface area contributed by atoms with E-state index in [1.165, 1.54) is 4.88 Å². The molecule has 1 saturated heterocycles. The molecule has 0 spiro atoms. The molecule has 124 valence electrons. The van der Waals surface area contributed by atoms with Crippen LogP contribution in [0.1, 0.15) is 24.0 Å². The standard InChI is InChI=1S/C16H22N4O2S/c1-3-12-10-13-15(23-12)18-11(2)20(16(13)22)7-4-14(21)19-8-5-17-6-9-19/h10,17H,3-9H2,1-2H3. The van der Waals surface area contributed by atoms with Gasteiger partial charge >= 0.3 is 0 Å². The fourth-order valence-electron chi connectivity index (χ4n) is 2.88. The van der Waals surface area contributed by atoms with Crippen molar-refractivity contribution in [3.05, 3.63) is 27.1 Å². The Morgan fingerprint density at radius 1 is 1.39 bits per heavy atom. The summed E-state index contributed by atoms with van der Waals surface area (Å²) in [4.78, 5) is 33.3.